The molecule has 0 aliphatic rings. The third-order valence-electron chi connectivity index (χ3n) is 1.15. The zero-order valence-electron chi connectivity index (χ0n) is 6.70. The molecule has 0 aliphatic carbocycles. The van der Waals surface area contributed by atoms with Crippen LogP contribution >= 0.6 is 11.8 Å². The smallest absolute Gasteiger partial charge is 0.289 e. The number of halogens is 2. The van der Waals surface area contributed by atoms with Crippen LogP contribution in [0.5, 0.6) is 5.88 Å². The standard InChI is InChI=1S/C6H7F2N3OS/c1-12-4-3(13-5(7)8)2-10-6(9)11-4/h2,5H,1H3,(H2,9,10,11). The van der Waals surface area contributed by atoms with Crippen LogP contribution in [0.3, 0.4) is 0 Å². The summed E-state index contributed by atoms with van der Waals surface area (Å²) in [7, 11) is 1.33. The van der Waals surface area contributed by atoms with Gasteiger partial charge in [-0.15, -0.1) is 0 Å². The number of nitrogens with zero attached hydrogens (tertiary/aromatic N) is 2. The van der Waals surface area contributed by atoms with Gasteiger partial charge in [0.2, 0.25) is 11.8 Å². The van der Waals surface area contributed by atoms with Crippen LogP contribution in [-0.4, -0.2) is 22.8 Å². The molecule has 0 amide bonds. The molecule has 1 rings (SSSR count). The molecule has 0 saturated heterocycles. The molecule has 1 heterocycles. The molecule has 0 saturated carbocycles. The number of aromatic nitrogens is 2. The summed E-state index contributed by atoms with van der Waals surface area (Å²) in [5.41, 5.74) is 5.23. The molecule has 1 aromatic heterocycles. The van der Waals surface area contributed by atoms with Crippen molar-refractivity contribution in [3.05, 3.63) is 6.20 Å². The van der Waals surface area contributed by atoms with Crippen LogP contribution in [-0.2, 0) is 0 Å². The first-order valence-electron chi connectivity index (χ1n) is 3.25. The number of ether oxygens (including phenoxy) is 1. The Bertz CT molecular complexity index is 297. The molecule has 72 valence electrons. The summed E-state index contributed by atoms with van der Waals surface area (Å²) in [4.78, 5) is 7.38. The van der Waals surface area contributed by atoms with Crippen LogP contribution in [0.1, 0.15) is 0 Å². The number of nitrogens with two attached hydrogens (primary N) is 1. The van der Waals surface area contributed by atoms with Gasteiger partial charge in [-0.3, -0.25) is 0 Å². The molecular weight excluding hydrogens is 200 g/mol. The van der Waals surface area contributed by atoms with Crippen molar-refractivity contribution in [3.63, 3.8) is 0 Å². The van der Waals surface area contributed by atoms with Crippen molar-refractivity contribution in [3.8, 4) is 5.88 Å². The summed E-state index contributed by atoms with van der Waals surface area (Å²) in [6.07, 6.45) is 1.21. The number of alkyl halides is 2. The first-order chi connectivity index (χ1) is 6.13. The fourth-order valence-electron chi connectivity index (χ4n) is 0.691. The average molecular weight is 207 g/mol. The number of methoxy groups -OCH3 is 1. The Morgan fingerprint density at radius 1 is 1.62 bits per heavy atom. The summed E-state index contributed by atoms with van der Waals surface area (Å²) < 4.78 is 28.7. The van der Waals surface area contributed by atoms with Crippen molar-refractivity contribution < 1.29 is 13.5 Å². The quantitative estimate of drug-likeness (QED) is 0.759. The third kappa shape index (κ3) is 2.69. The van der Waals surface area contributed by atoms with Crippen LogP contribution in [0.2, 0.25) is 0 Å². The van der Waals surface area contributed by atoms with E-state index in [-0.39, 0.29) is 16.7 Å². The maximum Gasteiger partial charge on any atom is 0.289 e. The van der Waals surface area contributed by atoms with Gasteiger partial charge in [-0.2, -0.15) is 13.8 Å². The van der Waals surface area contributed by atoms with E-state index in [1.807, 2.05) is 0 Å². The molecule has 7 heteroatoms. The lowest BCUT2D eigenvalue weighted by molar-refractivity contribution is 0.251. The highest BCUT2D eigenvalue weighted by Crippen LogP contribution is 2.31. The van der Waals surface area contributed by atoms with Gasteiger partial charge in [0, 0.05) is 0 Å². The highest BCUT2D eigenvalue weighted by atomic mass is 32.2. The Kier molecular flexibility index (Phi) is 3.24. The van der Waals surface area contributed by atoms with Gasteiger partial charge in [0.15, 0.2) is 0 Å². The molecule has 0 aliphatic heterocycles. The van der Waals surface area contributed by atoms with Gasteiger partial charge < -0.3 is 10.5 Å². The first kappa shape index (κ1) is 9.97. The van der Waals surface area contributed by atoms with Crippen LogP contribution in [0.15, 0.2) is 11.1 Å². The van der Waals surface area contributed by atoms with E-state index in [2.05, 4.69) is 9.97 Å². The summed E-state index contributed by atoms with van der Waals surface area (Å²) in [6.45, 7) is 0. The first-order valence-corrected chi connectivity index (χ1v) is 4.12. The second-order valence-corrected chi connectivity index (χ2v) is 3.01. The van der Waals surface area contributed by atoms with Gasteiger partial charge >= 0.3 is 0 Å². The van der Waals surface area contributed by atoms with E-state index in [0.29, 0.717) is 11.8 Å². The summed E-state index contributed by atoms with van der Waals surface area (Å²) >= 11 is 0.319. The Morgan fingerprint density at radius 3 is 2.85 bits per heavy atom. The zero-order valence-corrected chi connectivity index (χ0v) is 7.52. The van der Waals surface area contributed by atoms with E-state index in [1.54, 1.807) is 0 Å². The molecule has 0 fully saturated rings. The second-order valence-electron chi connectivity index (χ2n) is 1.98. The van der Waals surface area contributed by atoms with Crippen molar-refractivity contribution in [2.45, 2.75) is 10.7 Å². The fourth-order valence-corrected chi connectivity index (χ4v) is 1.23. The maximum absolute atomic E-state index is 12.0. The molecular formula is C6H7F2N3OS. The maximum atomic E-state index is 12.0. The number of hydrogen-bond acceptors (Lipinski definition) is 5. The Hall–Kier alpha value is -1.11. The molecule has 0 radical (unpaired) electrons. The van der Waals surface area contributed by atoms with Gasteiger partial charge in [0.25, 0.3) is 5.76 Å². The van der Waals surface area contributed by atoms with Gasteiger partial charge in [-0.1, -0.05) is 0 Å². The van der Waals surface area contributed by atoms with Crippen LogP contribution in [0.4, 0.5) is 14.7 Å². The predicted octanol–water partition coefficient (Wildman–Crippen LogP) is 1.38. The van der Waals surface area contributed by atoms with E-state index < -0.39 is 5.76 Å². The van der Waals surface area contributed by atoms with Crippen molar-refractivity contribution in [1.29, 1.82) is 0 Å². The normalized spacial score (nSPS) is 10.5. The molecule has 0 unspecified atom stereocenters. The lowest BCUT2D eigenvalue weighted by atomic mass is 10.6. The molecule has 0 spiro atoms. The van der Waals surface area contributed by atoms with E-state index in [4.69, 9.17) is 10.5 Å². The molecule has 2 N–H and O–H groups in total. The topological polar surface area (TPSA) is 61.0 Å². The zero-order chi connectivity index (χ0) is 9.84. The minimum Gasteiger partial charge on any atom is -0.480 e. The molecule has 1 aromatic rings. The predicted molar refractivity (Wildman–Crippen MR) is 44.9 cm³/mol. The van der Waals surface area contributed by atoms with Crippen LogP contribution < -0.4 is 10.5 Å². The Morgan fingerprint density at radius 2 is 2.31 bits per heavy atom. The van der Waals surface area contributed by atoms with Crippen molar-refractivity contribution in [1.82, 2.24) is 9.97 Å². The molecule has 0 aromatic carbocycles. The number of nitrogen functional groups attached to an aromatic ring is 1. The second kappa shape index (κ2) is 4.22. The Balaban J connectivity index is 2.92. The third-order valence-corrected chi connectivity index (χ3v) is 1.86. The van der Waals surface area contributed by atoms with Gasteiger partial charge in [-0.25, -0.2) is 4.98 Å². The number of anilines is 1. The van der Waals surface area contributed by atoms with Gasteiger partial charge in [-0.05, 0) is 11.8 Å². The minimum atomic E-state index is -2.53. The Labute approximate surface area is 77.5 Å². The lowest BCUT2D eigenvalue weighted by Gasteiger charge is -2.05. The number of hydrogen-bond donors (Lipinski definition) is 1. The summed E-state index contributed by atoms with van der Waals surface area (Å²) in [5, 5.41) is 0. The molecule has 4 nitrogen and oxygen atoms in total. The van der Waals surface area contributed by atoms with Crippen molar-refractivity contribution in [2.24, 2.45) is 0 Å². The summed E-state index contributed by atoms with van der Waals surface area (Å²) in [6, 6.07) is 0. The average Bonchev–Trinajstić information content (AvgIpc) is 2.07. The lowest BCUT2D eigenvalue weighted by Crippen LogP contribution is -1.99. The van der Waals surface area contributed by atoms with Crippen LogP contribution in [0.25, 0.3) is 0 Å². The monoisotopic (exact) mass is 207 g/mol. The molecule has 0 bridgehead atoms. The summed E-state index contributed by atoms with van der Waals surface area (Å²) in [5.74, 6) is -2.46. The highest BCUT2D eigenvalue weighted by molar-refractivity contribution is 7.99. The molecule has 13 heavy (non-hydrogen) atoms. The minimum absolute atomic E-state index is 0.00420. The van der Waals surface area contributed by atoms with E-state index >= 15 is 0 Å². The van der Waals surface area contributed by atoms with Gasteiger partial charge in [0.05, 0.1) is 18.2 Å². The fraction of sp³-hybridized carbons (Fsp3) is 0.333. The highest BCUT2D eigenvalue weighted by Gasteiger charge is 2.12. The largest absolute Gasteiger partial charge is 0.480 e. The molecule has 0 atom stereocenters. The van der Waals surface area contributed by atoms with Crippen molar-refractivity contribution >= 4 is 17.7 Å². The SMILES string of the molecule is COc1nc(N)ncc1SC(F)F. The van der Waals surface area contributed by atoms with Gasteiger partial charge in [0.1, 0.15) is 0 Å². The van der Waals surface area contributed by atoms with E-state index in [1.165, 1.54) is 13.3 Å². The van der Waals surface area contributed by atoms with Crippen LogP contribution in [0, 0.1) is 0 Å². The number of rotatable bonds is 3. The van der Waals surface area contributed by atoms with E-state index in [9.17, 15) is 8.78 Å². The number of thioether (sulfide) groups is 1. The van der Waals surface area contributed by atoms with Crippen molar-refractivity contribution in [2.75, 3.05) is 12.8 Å². The van der Waals surface area contributed by atoms with E-state index in [0.717, 1.165) is 0 Å².